The molecule has 0 unspecified atom stereocenters. The van der Waals surface area contributed by atoms with Gasteiger partial charge in [-0.05, 0) is 58.6 Å². The van der Waals surface area contributed by atoms with E-state index in [0.29, 0.717) is 31.9 Å². The number of amides is 2. The predicted octanol–water partition coefficient (Wildman–Crippen LogP) is 3.93. The lowest BCUT2D eigenvalue weighted by atomic mass is 9.97. The highest BCUT2D eigenvalue weighted by Gasteiger charge is 2.40. The molecule has 0 radical (unpaired) electrons. The molecular formula is C22H29N3O4. The van der Waals surface area contributed by atoms with Crippen LogP contribution < -0.4 is 0 Å². The number of ether oxygens (including phenoxy) is 1. The number of piperidine rings is 1. The fourth-order valence-electron chi connectivity index (χ4n) is 4.22. The van der Waals surface area contributed by atoms with E-state index in [-0.39, 0.29) is 11.8 Å². The molecule has 7 heteroatoms. The number of carbonyl (C=O) groups excluding carboxylic acids is 2. The normalized spacial score (nSPS) is 22.9. The molecule has 7 nitrogen and oxygen atoms in total. The second kappa shape index (κ2) is 7.69. The van der Waals surface area contributed by atoms with Crippen molar-refractivity contribution in [3.05, 3.63) is 30.2 Å². The van der Waals surface area contributed by atoms with E-state index in [1.54, 1.807) is 4.90 Å². The highest BCUT2D eigenvalue weighted by Crippen LogP contribution is 2.31. The molecule has 1 aromatic heterocycles. The Kier molecular flexibility index (Phi) is 5.23. The summed E-state index contributed by atoms with van der Waals surface area (Å²) in [4.78, 5) is 33.9. The number of carbonyl (C=O) groups is 2. The van der Waals surface area contributed by atoms with Crippen LogP contribution >= 0.6 is 0 Å². The van der Waals surface area contributed by atoms with Gasteiger partial charge in [0.05, 0.1) is 5.92 Å². The molecule has 0 aliphatic carbocycles. The molecule has 2 fully saturated rings. The number of likely N-dealkylation sites (tertiary alicyclic amines) is 2. The quantitative estimate of drug-likeness (QED) is 0.765. The maximum atomic E-state index is 13.3. The maximum Gasteiger partial charge on any atom is 0.410 e. The van der Waals surface area contributed by atoms with Crippen LogP contribution in [0.15, 0.2) is 28.7 Å². The minimum absolute atomic E-state index is 0.00849. The Balaban J connectivity index is 1.46. The third kappa shape index (κ3) is 4.23. The van der Waals surface area contributed by atoms with E-state index in [1.165, 1.54) is 0 Å². The highest BCUT2D eigenvalue weighted by atomic mass is 16.6. The van der Waals surface area contributed by atoms with Crippen molar-refractivity contribution in [2.75, 3.05) is 19.6 Å². The van der Waals surface area contributed by atoms with E-state index in [1.807, 2.05) is 49.9 Å². The van der Waals surface area contributed by atoms with Crippen LogP contribution in [0, 0.1) is 0 Å². The Bertz CT molecular complexity index is 868. The highest BCUT2D eigenvalue weighted by molar-refractivity contribution is 5.86. The second-order valence-corrected chi connectivity index (χ2v) is 8.97. The summed E-state index contributed by atoms with van der Waals surface area (Å²) >= 11 is 0. The summed E-state index contributed by atoms with van der Waals surface area (Å²) in [5, 5.41) is 0. The lowest BCUT2D eigenvalue weighted by Gasteiger charge is -2.35. The van der Waals surface area contributed by atoms with Crippen molar-refractivity contribution < 1.29 is 18.7 Å². The summed E-state index contributed by atoms with van der Waals surface area (Å²) in [5.41, 5.74) is 1.05. The molecule has 2 aliphatic rings. The van der Waals surface area contributed by atoms with E-state index in [2.05, 4.69) is 4.98 Å². The number of rotatable bonds is 2. The third-order valence-corrected chi connectivity index (χ3v) is 5.56. The summed E-state index contributed by atoms with van der Waals surface area (Å²) < 4.78 is 11.4. The van der Waals surface area contributed by atoms with Gasteiger partial charge in [0.2, 0.25) is 5.91 Å². The molecule has 156 valence electrons. The van der Waals surface area contributed by atoms with Crippen LogP contribution in [0.25, 0.3) is 11.1 Å². The zero-order valence-corrected chi connectivity index (χ0v) is 17.4. The van der Waals surface area contributed by atoms with Gasteiger partial charge in [-0.2, -0.15) is 0 Å². The SMILES string of the molecule is CC(C)(C)OC(=O)N1CCC[C@H]1C(=O)N1CCC[C@@H](c2nc3ccccc3o2)C1. The molecule has 4 rings (SSSR count). The van der Waals surface area contributed by atoms with Crippen molar-refractivity contribution >= 4 is 23.1 Å². The minimum atomic E-state index is -0.573. The molecule has 1 aromatic carbocycles. The molecule has 2 saturated heterocycles. The van der Waals surface area contributed by atoms with Gasteiger partial charge in [0.25, 0.3) is 0 Å². The topological polar surface area (TPSA) is 75.9 Å². The number of hydrogen-bond donors (Lipinski definition) is 0. The molecule has 3 heterocycles. The van der Waals surface area contributed by atoms with E-state index in [4.69, 9.17) is 9.15 Å². The van der Waals surface area contributed by atoms with Crippen molar-refractivity contribution in [1.29, 1.82) is 0 Å². The lowest BCUT2D eigenvalue weighted by molar-refractivity contribution is -0.137. The average Bonchev–Trinajstić information content (AvgIpc) is 3.33. The van der Waals surface area contributed by atoms with Crippen molar-refractivity contribution in [3.63, 3.8) is 0 Å². The van der Waals surface area contributed by atoms with E-state index >= 15 is 0 Å². The largest absolute Gasteiger partial charge is 0.444 e. The standard InChI is InChI=1S/C22H29N3O4/c1-22(2,3)29-21(27)25-13-7-10-17(25)20(26)24-12-6-8-15(14-24)19-23-16-9-4-5-11-18(16)28-19/h4-5,9,11,15,17H,6-8,10,12-14H2,1-3H3/t15-,17+/m1/s1. The maximum absolute atomic E-state index is 13.3. The first-order valence-electron chi connectivity index (χ1n) is 10.5. The molecule has 0 N–H and O–H groups in total. The number of hydrogen-bond acceptors (Lipinski definition) is 5. The first-order valence-corrected chi connectivity index (χ1v) is 10.5. The number of oxazole rings is 1. The smallest absolute Gasteiger partial charge is 0.410 e. The third-order valence-electron chi connectivity index (χ3n) is 5.56. The van der Waals surface area contributed by atoms with Gasteiger partial charge in [0.15, 0.2) is 11.5 Å². The zero-order valence-electron chi connectivity index (χ0n) is 17.4. The fourth-order valence-corrected chi connectivity index (χ4v) is 4.22. The summed E-state index contributed by atoms with van der Waals surface area (Å²) in [7, 11) is 0. The zero-order chi connectivity index (χ0) is 20.6. The van der Waals surface area contributed by atoms with Crippen LogP contribution in [-0.2, 0) is 9.53 Å². The molecule has 0 spiro atoms. The molecular weight excluding hydrogens is 370 g/mol. The number of aromatic nitrogens is 1. The number of para-hydroxylation sites is 2. The van der Waals surface area contributed by atoms with Gasteiger partial charge in [-0.3, -0.25) is 9.69 Å². The Hall–Kier alpha value is -2.57. The molecule has 29 heavy (non-hydrogen) atoms. The van der Waals surface area contributed by atoms with Crippen molar-refractivity contribution in [1.82, 2.24) is 14.8 Å². The Morgan fingerprint density at radius 2 is 1.90 bits per heavy atom. The number of benzene rings is 1. The Labute approximate surface area is 171 Å². The lowest BCUT2D eigenvalue weighted by Crippen LogP contribution is -2.51. The number of fused-ring (bicyclic) bond motifs is 1. The van der Waals surface area contributed by atoms with E-state index < -0.39 is 17.7 Å². The van der Waals surface area contributed by atoms with Crippen LogP contribution in [0.4, 0.5) is 4.79 Å². The summed E-state index contributed by atoms with van der Waals surface area (Å²) in [6.45, 7) is 7.36. The fraction of sp³-hybridized carbons (Fsp3) is 0.591. The van der Waals surface area contributed by atoms with Gasteiger partial charge in [-0.25, -0.2) is 9.78 Å². The molecule has 0 bridgehead atoms. The minimum Gasteiger partial charge on any atom is -0.444 e. The molecule has 2 aromatic rings. The van der Waals surface area contributed by atoms with Crippen LogP contribution in [0.1, 0.15) is 58.3 Å². The average molecular weight is 399 g/mol. The summed E-state index contributed by atoms with van der Waals surface area (Å²) in [5.74, 6) is 0.782. The van der Waals surface area contributed by atoms with Gasteiger partial charge in [-0.1, -0.05) is 12.1 Å². The van der Waals surface area contributed by atoms with Gasteiger partial charge >= 0.3 is 6.09 Å². The Morgan fingerprint density at radius 3 is 2.66 bits per heavy atom. The predicted molar refractivity (Wildman–Crippen MR) is 109 cm³/mol. The first-order chi connectivity index (χ1) is 13.8. The molecule has 2 aliphatic heterocycles. The van der Waals surface area contributed by atoms with Crippen LogP contribution in [0.2, 0.25) is 0 Å². The molecule has 2 amide bonds. The van der Waals surface area contributed by atoms with Gasteiger partial charge in [-0.15, -0.1) is 0 Å². The van der Waals surface area contributed by atoms with E-state index in [9.17, 15) is 9.59 Å². The van der Waals surface area contributed by atoms with Crippen molar-refractivity contribution in [2.45, 2.75) is 64.0 Å². The van der Waals surface area contributed by atoms with E-state index in [0.717, 1.165) is 30.4 Å². The molecule has 2 atom stereocenters. The second-order valence-electron chi connectivity index (χ2n) is 8.97. The summed E-state index contributed by atoms with van der Waals surface area (Å²) in [6, 6.07) is 7.28. The summed E-state index contributed by atoms with van der Waals surface area (Å²) in [6.07, 6.45) is 2.94. The monoisotopic (exact) mass is 399 g/mol. The first kappa shape index (κ1) is 19.7. The van der Waals surface area contributed by atoms with Crippen molar-refractivity contribution in [3.8, 4) is 0 Å². The van der Waals surface area contributed by atoms with Gasteiger partial charge < -0.3 is 14.1 Å². The Morgan fingerprint density at radius 1 is 1.14 bits per heavy atom. The number of nitrogens with zero attached hydrogens (tertiary/aromatic N) is 3. The van der Waals surface area contributed by atoms with Crippen LogP contribution in [0.3, 0.4) is 0 Å². The van der Waals surface area contributed by atoms with Crippen LogP contribution in [0.5, 0.6) is 0 Å². The van der Waals surface area contributed by atoms with Crippen LogP contribution in [-0.4, -0.2) is 58.1 Å². The molecule has 0 saturated carbocycles. The van der Waals surface area contributed by atoms with Gasteiger partial charge in [0.1, 0.15) is 17.2 Å². The van der Waals surface area contributed by atoms with Gasteiger partial charge in [0, 0.05) is 19.6 Å². The van der Waals surface area contributed by atoms with Crippen molar-refractivity contribution in [2.24, 2.45) is 0 Å².